The van der Waals surface area contributed by atoms with E-state index in [1.54, 1.807) is 6.92 Å². The van der Waals surface area contributed by atoms with Crippen LogP contribution in [0.2, 0.25) is 0 Å². The highest BCUT2D eigenvalue weighted by Crippen LogP contribution is 2.11. The largest absolute Gasteiger partial charge is 0.350 e. The van der Waals surface area contributed by atoms with Gasteiger partial charge in [-0.2, -0.15) is 0 Å². The summed E-state index contributed by atoms with van der Waals surface area (Å²) in [6.07, 6.45) is -0.0251. The normalized spacial score (nSPS) is 21.9. The molecular formula is C6H11NO4. The van der Waals surface area contributed by atoms with Gasteiger partial charge < -0.3 is 9.47 Å². The van der Waals surface area contributed by atoms with Crippen molar-refractivity contribution < 1.29 is 14.4 Å². The maximum absolute atomic E-state index is 10.2. The van der Waals surface area contributed by atoms with E-state index in [0.717, 1.165) is 0 Å². The van der Waals surface area contributed by atoms with Crippen molar-refractivity contribution in [2.45, 2.75) is 25.7 Å². The van der Waals surface area contributed by atoms with Gasteiger partial charge in [-0.1, -0.05) is 0 Å². The first kappa shape index (κ1) is 8.42. The van der Waals surface area contributed by atoms with Gasteiger partial charge in [0, 0.05) is 11.8 Å². The van der Waals surface area contributed by atoms with Crippen LogP contribution in [0.3, 0.4) is 0 Å². The van der Waals surface area contributed by atoms with Crippen LogP contribution < -0.4 is 0 Å². The topological polar surface area (TPSA) is 61.6 Å². The van der Waals surface area contributed by atoms with Gasteiger partial charge in [0.1, 0.15) is 0 Å². The molecule has 11 heavy (non-hydrogen) atoms. The fourth-order valence-electron chi connectivity index (χ4n) is 0.908. The molecule has 0 saturated carbocycles. The Morgan fingerprint density at radius 1 is 1.64 bits per heavy atom. The highest BCUT2D eigenvalue weighted by molar-refractivity contribution is 4.57. The third kappa shape index (κ3) is 2.44. The number of ether oxygens (including phenoxy) is 2. The van der Waals surface area contributed by atoms with Gasteiger partial charge in [0.2, 0.25) is 6.04 Å². The van der Waals surface area contributed by atoms with Gasteiger partial charge in [0.15, 0.2) is 6.29 Å². The zero-order valence-corrected chi connectivity index (χ0v) is 6.36. The Hall–Kier alpha value is -0.680. The molecule has 0 aromatic heterocycles. The summed E-state index contributed by atoms with van der Waals surface area (Å²) < 4.78 is 10.1. The molecule has 0 aliphatic carbocycles. The van der Waals surface area contributed by atoms with E-state index in [-0.39, 0.29) is 11.2 Å². The first-order valence-corrected chi connectivity index (χ1v) is 3.57. The van der Waals surface area contributed by atoms with Gasteiger partial charge in [-0.05, 0) is 0 Å². The van der Waals surface area contributed by atoms with E-state index in [2.05, 4.69) is 0 Å². The smallest absolute Gasteiger partial charge is 0.215 e. The van der Waals surface area contributed by atoms with E-state index in [1.165, 1.54) is 0 Å². The van der Waals surface area contributed by atoms with Crippen LogP contribution in [0.1, 0.15) is 13.3 Å². The molecule has 1 heterocycles. The Bertz CT molecular complexity index is 144. The van der Waals surface area contributed by atoms with Crippen molar-refractivity contribution in [1.29, 1.82) is 0 Å². The van der Waals surface area contributed by atoms with E-state index in [4.69, 9.17) is 9.47 Å². The molecule has 0 radical (unpaired) electrons. The standard InChI is InChI=1S/C6H11NO4/c1-5(7(8)9)4-6-10-2-3-11-6/h5-6H,2-4H2,1H3. The van der Waals surface area contributed by atoms with Gasteiger partial charge in [0.05, 0.1) is 19.6 Å². The average Bonchev–Trinajstić information content (AvgIpc) is 2.39. The van der Waals surface area contributed by atoms with Crippen LogP contribution in [0, 0.1) is 10.1 Å². The predicted octanol–water partition coefficient (Wildman–Crippen LogP) is 0.415. The Kier molecular flexibility index (Phi) is 2.78. The molecule has 0 amide bonds. The Labute approximate surface area is 64.4 Å². The molecule has 1 fully saturated rings. The lowest BCUT2D eigenvalue weighted by molar-refractivity contribution is -0.522. The molecule has 0 N–H and O–H groups in total. The highest BCUT2D eigenvalue weighted by Gasteiger charge is 2.24. The third-order valence-corrected chi connectivity index (χ3v) is 1.58. The van der Waals surface area contributed by atoms with Crippen LogP contribution in [0.5, 0.6) is 0 Å². The van der Waals surface area contributed by atoms with Crippen molar-refractivity contribution in [1.82, 2.24) is 0 Å². The first-order chi connectivity index (χ1) is 5.20. The summed E-state index contributed by atoms with van der Waals surface area (Å²) in [5, 5.41) is 10.2. The lowest BCUT2D eigenvalue weighted by atomic mass is 10.2. The molecule has 1 aliphatic rings. The summed E-state index contributed by atoms with van der Waals surface area (Å²) in [6.45, 7) is 2.65. The zero-order valence-electron chi connectivity index (χ0n) is 6.36. The second kappa shape index (κ2) is 3.64. The van der Waals surface area contributed by atoms with E-state index in [1.807, 2.05) is 0 Å². The minimum absolute atomic E-state index is 0.328. The second-order valence-corrected chi connectivity index (χ2v) is 2.54. The Morgan fingerprint density at radius 2 is 2.18 bits per heavy atom. The summed E-state index contributed by atoms with van der Waals surface area (Å²) in [5.74, 6) is 0. The van der Waals surface area contributed by atoms with Crippen molar-refractivity contribution in [3.05, 3.63) is 10.1 Å². The molecule has 0 bridgehead atoms. The van der Waals surface area contributed by atoms with Crippen LogP contribution in [-0.4, -0.2) is 30.5 Å². The minimum Gasteiger partial charge on any atom is -0.350 e. The summed E-state index contributed by atoms with van der Waals surface area (Å²) in [7, 11) is 0. The molecule has 1 rings (SSSR count). The van der Waals surface area contributed by atoms with Crippen LogP contribution in [-0.2, 0) is 9.47 Å². The van der Waals surface area contributed by atoms with Crippen molar-refractivity contribution in [3.63, 3.8) is 0 Å². The summed E-state index contributed by atoms with van der Waals surface area (Å²) >= 11 is 0. The molecule has 5 heteroatoms. The molecule has 1 unspecified atom stereocenters. The fraction of sp³-hybridized carbons (Fsp3) is 1.00. The maximum Gasteiger partial charge on any atom is 0.215 e. The maximum atomic E-state index is 10.2. The minimum atomic E-state index is -0.585. The molecule has 1 atom stereocenters. The summed E-state index contributed by atoms with van der Waals surface area (Å²) in [5.41, 5.74) is 0. The Morgan fingerprint density at radius 3 is 2.64 bits per heavy atom. The SMILES string of the molecule is CC(CC1OCCO1)[N+](=O)[O-]. The second-order valence-electron chi connectivity index (χ2n) is 2.54. The molecule has 0 spiro atoms. The summed E-state index contributed by atoms with van der Waals surface area (Å²) in [4.78, 5) is 9.85. The number of nitrogens with zero attached hydrogens (tertiary/aromatic N) is 1. The van der Waals surface area contributed by atoms with Crippen molar-refractivity contribution in [3.8, 4) is 0 Å². The molecule has 1 saturated heterocycles. The quantitative estimate of drug-likeness (QED) is 0.444. The monoisotopic (exact) mass is 161 g/mol. The van der Waals surface area contributed by atoms with Crippen molar-refractivity contribution >= 4 is 0 Å². The number of rotatable bonds is 3. The molecule has 5 nitrogen and oxygen atoms in total. The van der Waals surface area contributed by atoms with Crippen molar-refractivity contribution in [2.24, 2.45) is 0 Å². The summed E-state index contributed by atoms with van der Waals surface area (Å²) in [6, 6.07) is -0.585. The van der Waals surface area contributed by atoms with Crippen LogP contribution in [0.4, 0.5) is 0 Å². The van der Waals surface area contributed by atoms with E-state index < -0.39 is 6.04 Å². The van der Waals surface area contributed by atoms with Gasteiger partial charge in [-0.25, -0.2) is 0 Å². The lowest BCUT2D eigenvalue weighted by Gasteiger charge is -2.08. The van der Waals surface area contributed by atoms with Gasteiger partial charge >= 0.3 is 0 Å². The molecule has 0 aromatic carbocycles. The van der Waals surface area contributed by atoms with Crippen molar-refractivity contribution in [2.75, 3.05) is 13.2 Å². The molecule has 1 aliphatic heterocycles. The van der Waals surface area contributed by atoms with E-state index in [0.29, 0.717) is 19.6 Å². The van der Waals surface area contributed by atoms with Crippen LogP contribution >= 0.6 is 0 Å². The van der Waals surface area contributed by atoms with Crippen LogP contribution in [0.15, 0.2) is 0 Å². The molecule has 0 aromatic rings. The third-order valence-electron chi connectivity index (χ3n) is 1.58. The van der Waals surface area contributed by atoms with Gasteiger partial charge in [-0.15, -0.1) is 0 Å². The van der Waals surface area contributed by atoms with E-state index in [9.17, 15) is 10.1 Å². The average molecular weight is 161 g/mol. The van der Waals surface area contributed by atoms with E-state index >= 15 is 0 Å². The number of nitro groups is 1. The predicted molar refractivity (Wildman–Crippen MR) is 36.8 cm³/mol. The lowest BCUT2D eigenvalue weighted by Crippen LogP contribution is -2.22. The molecular weight excluding hydrogens is 150 g/mol. The zero-order chi connectivity index (χ0) is 8.27. The number of hydrogen-bond acceptors (Lipinski definition) is 4. The van der Waals surface area contributed by atoms with Crippen LogP contribution in [0.25, 0.3) is 0 Å². The Balaban J connectivity index is 2.23. The van der Waals surface area contributed by atoms with Gasteiger partial charge in [0.25, 0.3) is 0 Å². The fourth-order valence-corrected chi connectivity index (χ4v) is 0.908. The molecule has 64 valence electrons. The number of hydrogen-bond donors (Lipinski definition) is 0. The van der Waals surface area contributed by atoms with Gasteiger partial charge in [-0.3, -0.25) is 10.1 Å². The first-order valence-electron chi connectivity index (χ1n) is 3.57. The highest BCUT2D eigenvalue weighted by atomic mass is 16.7.